The van der Waals surface area contributed by atoms with Gasteiger partial charge in [-0.1, -0.05) is 181 Å². The van der Waals surface area contributed by atoms with Gasteiger partial charge in [0.25, 0.3) is 11.8 Å². The van der Waals surface area contributed by atoms with E-state index in [-0.39, 0.29) is 33.3 Å². The summed E-state index contributed by atoms with van der Waals surface area (Å²) in [6, 6.07) is 52.1. The highest BCUT2D eigenvalue weighted by Crippen LogP contribution is 2.41. The molecule has 0 radical (unpaired) electrons. The number of ether oxygens (including phenoxy) is 1. The van der Waals surface area contributed by atoms with Crippen molar-refractivity contribution in [2.75, 3.05) is 11.1 Å². The molecule has 1 fully saturated rings. The molecular formula is C55H45N5O9S3. The van der Waals surface area contributed by atoms with E-state index in [1.54, 1.807) is 66.0 Å². The Morgan fingerprint density at radius 1 is 0.819 bits per heavy atom. The number of esters is 1. The van der Waals surface area contributed by atoms with Crippen molar-refractivity contribution in [3.8, 4) is 0 Å². The topological polar surface area (TPSA) is 183 Å². The van der Waals surface area contributed by atoms with Crippen LogP contribution in [0.1, 0.15) is 45.2 Å². The van der Waals surface area contributed by atoms with Gasteiger partial charge < -0.3 is 24.4 Å². The van der Waals surface area contributed by atoms with Crippen molar-refractivity contribution < 1.29 is 40.8 Å². The van der Waals surface area contributed by atoms with Gasteiger partial charge in [0.1, 0.15) is 45.8 Å². The van der Waals surface area contributed by atoms with E-state index in [1.807, 2.05) is 110 Å². The van der Waals surface area contributed by atoms with Gasteiger partial charge in [0, 0.05) is 5.38 Å². The molecule has 0 bridgehead atoms. The highest BCUT2D eigenvalue weighted by atomic mass is 32.2. The summed E-state index contributed by atoms with van der Waals surface area (Å²) >= 11 is 1.21. The highest BCUT2D eigenvalue weighted by molar-refractivity contribution is 7.87. The fourth-order valence-electron chi connectivity index (χ4n) is 8.50. The van der Waals surface area contributed by atoms with Gasteiger partial charge in [-0.05, 0) is 58.5 Å². The normalized spacial score (nSPS) is 16.9. The Hall–Kier alpha value is -8.25. The molecular weight excluding hydrogens is 971 g/mol. The molecule has 7 aromatic rings. The molecule has 0 saturated carbocycles. The molecule has 3 heterocycles. The highest BCUT2D eigenvalue weighted by Gasteiger charge is 2.57. The molecule has 0 aliphatic carbocycles. The predicted molar refractivity (Wildman–Crippen MR) is 275 cm³/mol. The molecule has 0 spiro atoms. The number of thiazole rings is 1. The van der Waals surface area contributed by atoms with Crippen LogP contribution in [-0.4, -0.2) is 63.2 Å². The van der Waals surface area contributed by atoms with E-state index in [1.165, 1.54) is 29.5 Å². The van der Waals surface area contributed by atoms with Gasteiger partial charge in [-0.15, -0.1) is 11.3 Å². The molecule has 2 aliphatic rings. The van der Waals surface area contributed by atoms with Gasteiger partial charge in [0.15, 0.2) is 16.9 Å². The first kappa shape index (κ1) is 48.8. The molecule has 9 rings (SSSR count). The number of fused-ring (bicyclic) bond motifs is 1. The third-order valence-corrected chi connectivity index (χ3v) is 15.5. The van der Waals surface area contributed by atoms with Crippen LogP contribution >= 0.6 is 11.3 Å². The van der Waals surface area contributed by atoms with Crippen LogP contribution in [0.5, 0.6) is 0 Å². The first-order valence-electron chi connectivity index (χ1n) is 22.5. The fraction of sp³-hybridized carbons (Fsp3) is 0.109. The van der Waals surface area contributed by atoms with E-state index in [0.29, 0.717) is 16.3 Å². The molecule has 3 unspecified atom stereocenters. The summed E-state index contributed by atoms with van der Waals surface area (Å²) in [5.74, 6) is -3.03. The number of oxime groups is 1. The lowest BCUT2D eigenvalue weighted by molar-refractivity contribution is -0.154. The molecule has 14 nitrogen and oxygen atoms in total. The Kier molecular flexibility index (Phi) is 14.5. The van der Waals surface area contributed by atoms with Crippen LogP contribution in [-0.2, 0) is 54.6 Å². The molecule has 1 saturated heterocycles. The summed E-state index contributed by atoms with van der Waals surface area (Å²) < 4.78 is 51.9. The molecule has 6 aromatic carbocycles. The van der Waals surface area contributed by atoms with Crippen molar-refractivity contribution >= 4 is 60.9 Å². The van der Waals surface area contributed by atoms with Gasteiger partial charge in [0.05, 0.1) is 16.6 Å². The Bertz CT molecular complexity index is 3200. The van der Waals surface area contributed by atoms with Crippen molar-refractivity contribution in [2.24, 2.45) is 5.16 Å². The van der Waals surface area contributed by atoms with E-state index in [0.717, 1.165) is 39.7 Å². The minimum atomic E-state index is -4.31. The number of amides is 2. The SMILES string of the molecule is C=CON=C(C(=O)NC1C(=O)N2C(C(=O)OC(c3ccccc3)c3ccccc3)=C(C=COS(=O)(=O)c3ccc(C)cc3)CS(=O)C12)c1csc(NC(c2ccccc2)(c2ccccc2)c2ccccc2)n1. The largest absolute Gasteiger partial charge is 0.448 e. The number of carbonyl (C=O) groups excluding carboxylic acids is 3. The van der Waals surface area contributed by atoms with Crippen LogP contribution < -0.4 is 10.6 Å². The number of nitrogens with one attached hydrogen (secondary N) is 2. The molecule has 1 aromatic heterocycles. The smallest absolute Gasteiger partial charge is 0.356 e. The van der Waals surface area contributed by atoms with Gasteiger partial charge in [-0.2, -0.15) is 8.42 Å². The lowest BCUT2D eigenvalue weighted by atomic mass is 9.77. The van der Waals surface area contributed by atoms with Crippen molar-refractivity contribution in [3.63, 3.8) is 0 Å². The Labute approximate surface area is 422 Å². The molecule has 3 atom stereocenters. The summed E-state index contributed by atoms with van der Waals surface area (Å²) in [6.07, 6.45) is 2.09. The van der Waals surface area contributed by atoms with Gasteiger partial charge in [-0.25, -0.2) is 9.78 Å². The maximum atomic E-state index is 14.6. The van der Waals surface area contributed by atoms with Gasteiger partial charge in [0.2, 0.25) is 0 Å². The Balaban J connectivity index is 1.02. The number of hydrogen-bond acceptors (Lipinski definition) is 13. The van der Waals surface area contributed by atoms with Crippen molar-refractivity contribution in [1.29, 1.82) is 0 Å². The summed E-state index contributed by atoms with van der Waals surface area (Å²) in [5, 5.41) is 11.1. The van der Waals surface area contributed by atoms with Crippen molar-refractivity contribution in [1.82, 2.24) is 15.2 Å². The first-order valence-corrected chi connectivity index (χ1v) is 26.1. The lowest BCUT2D eigenvalue weighted by Gasteiger charge is -2.49. The molecule has 362 valence electrons. The van der Waals surface area contributed by atoms with Gasteiger partial charge >= 0.3 is 16.1 Å². The molecule has 2 amide bonds. The van der Waals surface area contributed by atoms with E-state index >= 15 is 0 Å². The third-order valence-electron chi connectivity index (χ3n) is 11.9. The van der Waals surface area contributed by atoms with E-state index in [2.05, 4.69) is 22.4 Å². The number of hydrogen-bond donors (Lipinski definition) is 2. The quantitative estimate of drug-likeness (QED) is 0.0160. The number of anilines is 1. The first-order chi connectivity index (χ1) is 35.0. The molecule has 72 heavy (non-hydrogen) atoms. The summed E-state index contributed by atoms with van der Waals surface area (Å²) in [6.45, 7) is 5.37. The standard InChI is InChI=1S/C55H45N5O9S3/c1-3-67-59-46(45-35-70-54(56-45)58-55(41-23-13-6-14-24-41,42-25-15-7-16-26-42)43-27-17-8-18-28-43)50(61)57-47-51(62)60-48(53(63)69-49(38-19-9-4-10-20-38)39-21-11-5-12-22-39)40(36-71(64)52(47)60)33-34-68-72(65,66)44-31-29-37(2)30-32-44/h3-35,47,49,52H,1,36H2,2H3,(H,56,58)(H,57,61). The zero-order valence-corrected chi connectivity index (χ0v) is 40.9. The maximum absolute atomic E-state index is 14.6. The summed E-state index contributed by atoms with van der Waals surface area (Å²) in [7, 11) is -6.29. The number of allylic oxidation sites excluding steroid dienone is 1. The number of carbonyl (C=O) groups is 3. The number of rotatable bonds is 18. The molecule has 17 heteroatoms. The second-order valence-corrected chi connectivity index (χ2v) is 20.4. The second kappa shape index (κ2) is 21.4. The van der Waals surface area contributed by atoms with Crippen LogP contribution in [0.3, 0.4) is 0 Å². The predicted octanol–water partition coefficient (Wildman–Crippen LogP) is 8.64. The van der Waals surface area contributed by atoms with Crippen LogP contribution in [0.4, 0.5) is 5.13 Å². The van der Waals surface area contributed by atoms with Crippen molar-refractivity contribution in [2.45, 2.75) is 34.9 Å². The molecule has 2 aliphatic heterocycles. The van der Waals surface area contributed by atoms with E-state index in [4.69, 9.17) is 18.7 Å². The van der Waals surface area contributed by atoms with E-state index < -0.39 is 61.8 Å². The number of nitrogens with zero attached hydrogens (tertiary/aromatic N) is 3. The van der Waals surface area contributed by atoms with Crippen LogP contribution in [0.25, 0.3) is 0 Å². The zero-order valence-electron chi connectivity index (χ0n) is 38.4. The van der Waals surface area contributed by atoms with E-state index in [9.17, 15) is 27.0 Å². The van der Waals surface area contributed by atoms with Gasteiger partial charge in [-0.3, -0.25) is 18.7 Å². The van der Waals surface area contributed by atoms with Crippen LogP contribution in [0, 0.1) is 6.92 Å². The minimum Gasteiger partial charge on any atom is -0.448 e. The maximum Gasteiger partial charge on any atom is 0.356 e. The average molecular weight is 1020 g/mol. The third kappa shape index (κ3) is 10.0. The number of benzene rings is 6. The lowest BCUT2D eigenvalue weighted by Crippen LogP contribution is -2.74. The molecule has 2 N–H and O–H groups in total. The average Bonchev–Trinajstić information content (AvgIpc) is 3.87. The fourth-order valence-corrected chi connectivity index (χ4v) is 11.7. The number of aromatic nitrogens is 1. The summed E-state index contributed by atoms with van der Waals surface area (Å²) in [4.78, 5) is 54.3. The monoisotopic (exact) mass is 1020 g/mol. The number of β-lactam (4-membered cyclic amide) rings is 1. The minimum absolute atomic E-state index is 0.00610. The number of aryl methyl sites for hydroxylation is 1. The Morgan fingerprint density at radius 2 is 1.35 bits per heavy atom. The zero-order chi connectivity index (χ0) is 50.2. The summed E-state index contributed by atoms with van der Waals surface area (Å²) in [5.41, 5.74) is 3.33. The van der Waals surface area contributed by atoms with Crippen LogP contribution in [0.15, 0.2) is 228 Å². The van der Waals surface area contributed by atoms with Crippen LogP contribution in [0.2, 0.25) is 0 Å². The van der Waals surface area contributed by atoms with Crippen molar-refractivity contribution in [3.05, 3.63) is 257 Å². The Morgan fingerprint density at radius 3 is 1.88 bits per heavy atom. The second-order valence-electron chi connectivity index (χ2n) is 16.4.